The van der Waals surface area contributed by atoms with E-state index in [2.05, 4.69) is 25.7 Å². The van der Waals surface area contributed by atoms with Crippen molar-refractivity contribution in [3.63, 3.8) is 0 Å². The summed E-state index contributed by atoms with van der Waals surface area (Å²) < 4.78 is 3.07. The third-order valence-corrected chi connectivity index (χ3v) is 3.88. The summed E-state index contributed by atoms with van der Waals surface area (Å²) in [6, 6.07) is 9.22. The van der Waals surface area contributed by atoms with Gasteiger partial charge in [0.15, 0.2) is 17.1 Å². The fourth-order valence-corrected chi connectivity index (χ4v) is 2.73. The van der Waals surface area contributed by atoms with E-state index in [1.807, 2.05) is 37.3 Å². The number of aryl methyl sites for hydroxylation is 2. The number of nitrogens with one attached hydrogen (secondary N) is 2. The van der Waals surface area contributed by atoms with Gasteiger partial charge in [-0.15, -0.1) is 0 Å². The number of aromatic hydroxyl groups is 1. The van der Waals surface area contributed by atoms with Crippen LogP contribution in [0.2, 0.25) is 0 Å². The molecule has 0 radical (unpaired) electrons. The molecule has 0 fully saturated rings. The normalized spacial score (nSPS) is 11.1. The maximum Gasteiger partial charge on any atom is 0.281 e. The van der Waals surface area contributed by atoms with Crippen LogP contribution in [0.1, 0.15) is 16.2 Å². The van der Waals surface area contributed by atoms with Crippen molar-refractivity contribution in [3.8, 4) is 11.4 Å². The van der Waals surface area contributed by atoms with Crippen molar-refractivity contribution in [2.45, 2.75) is 6.92 Å². The molecule has 25 heavy (non-hydrogen) atoms. The maximum atomic E-state index is 12.5. The lowest BCUT2D eigenvalue weighted by Crippen LogP contribution is -2.14. The van der Waals surface area contributed by atoms with E-state index < -0.39 is 5.91 Å². The Morgan fingerprint density at radius 3 is 2.76 bits per heavy atom. The Morgan fingerprint density at radius 2 is 2.00 bits per heavy atom. The van der Waals surface area contributed by atoms with Crippen molar-refractivity contribution in [3.05, 3.63) is 47.9 Å². The van der Waals surface area contributed by atoms with Gasteiger partial charge in [-0.1, -0.05) is 18.2 Å². The average Bonchev–Trinajstić information content (AvgIpc) is 3.26. The number of nitrogens with zero attached hydrogens (tertiary/aromatic N) is 5. The van der Waals surface area contributed by atoms with Gasteiger partial charge in [0.1, 0.15) is 5.82 Å². The first kappa shape index (κ1) is 14.9. The van der Waals surface area contributed by atoms with Crippen molar-refractivity contribution in [1.82, 2.24) is 29.8 Å². The van der Waals surface area contributed by atoms with E-state index >= 15 is 0 Å². The molecule has 126 valence electrons. The molecule has 3 heterocycles. The first-order chi connectivity index (χ1) is 12.0. The van der Waals surface area contributed by atoms with Gasteiger partial charge in [-0.25, -0.2) is 9.36 Å². The van der Waals surface area contributed by atoms with Crippen LogP contribution in [-0.4, -0.2) is 40.8 Å². The van der Waals surface area contributed by atoms with Crippen LogP contribution in [0.4, 0.5) is 5.82 Å². The number of amides is 1. The third-order valence-electron chi connectivity index (χ3n) is 3.88. The molecule has 4 aromatic rings. The quantitative estimate of drug-likeness (QED) is 0.527. The summed E-state index contributed by atoms with van der Waals surface area (Å²) in [5.41, 5.74) is 2.03. The number of carbonyl (C=O) groups is 1. The van der Waals surface area contributed by atoms with E-state index in [1.54, 1.807) is 11.7 Å². The monoisotopic (exact) mass is 337 g/mol. The first-order valence-corrected chi connectivity index (χ1v) is 7.57. The minimum atomic E-state index is -0.541. The number of hydrogen-bond donors (Lipinski definition) is 3. The average molecular weight is 337 g/mol. The smallest absolute Gasteiger partial charge is 0.281 e. The molecule has 0 unspecified atom stereocenters. The van der Waals surface area contributed by atoms with Crippen LogP contribution in [-0.2, 0) is 7.05 Å². The fourth-order valence-electron chi connectivity index (χ4n) is 2.73. The minimum Gasteiger partial charge on any atom is -0.504 e. The number of hydrogen-bond acceptors (Lipinski definition) is 5. The highest BCUT2D eigenvalue weighted by molar-refractivity contribution is 6.08. The molecule has 0 saturated carbocycles. The molecule has 4 rings (SSSR count). The van der Waals surface area contributed by atoms with Crippen LogP contribution in [0.15, 0.2) is 36.5 Å². The second kappa shape index (κ2) is 5.48. The molecule has 0 bridgehead atoms. The number of rotatable bonds is 3. The number of carbonyl (C=O) groups excluding carboxylic acids is 1. The Balaban J connectivity index is 1.66. The van der Waals surface area contributed by atoms with Crippen LogP contribution in [0.25, 0.3) is 16.7 Å². The summed E-state index contributed by atoms with van der Waals surface area (Å²) in [7, 11) is 1.77. The van der Waals surface area contributed by atoms with E-state index in [4.69, 9.17) is 0 Å². The van der Waals surface area contributed by atoms with Crippen LogP contribution in [0, 0.1) is 6.92 Å². The number of aromatic amines is 1. The number of benzene rings is 1. The zero-order chi connectivity index (χ0) is 17.6. The van der Waals surface area contributed by atoms with Crippen LogP contribution in [0.3, 0.4) is 0 Å². The lowest BCUT2D eigenvalue weighted by Gasteiger charge is -2.01. The molecule has 0 saturated heterocycles. The first-order valence-electron chi connectivity index (χ1n) is 7.57. The summed E-state index contributed by atoms with van der Waals surface area (Å²) in [6.07, 6.45) is 1.39. The standard InChI is InChI=1S/C16H15N7O2/c1-9-12-14(18-19-15(12)22(2)20-9)17-16(25)13-11(24)8-23(21-13)10-6-4-3-5-7-10/h3-8,24H,1-2H3,(H2,17,18,19,25). The molecular formula is C16H15N7O2. The van der Waals surface area contributed by atoms with Crippen LogP contribution >= 0.6 is 0 Å². The predicted molar refractivity (Wildman–Crippen MR) is 90.8 cm³/mol. The SMILES string of the molecule is Cc1nn(C)c2n[nH]c(NC(=O)c3nn(-c4ccccc4)cc3O)c12. The molecule has 1 amide bonds. The number of anilines is 1. The molecule has 3 aromatic heterocycles. The second-order valence-electron chi connectivity index (χ2n) is 5.60. The fraction of sp³-hybridized carbons (Fsp3) is 0.125. The summed E-state index contributed by atoms with van der Waals surface area (Å²) in [5.74, 6) is -0.333. The second-order valence-corrected chi connectivity index (χ2v) is 5.60. The maximum absolute atomic E-state index is 12.5. The van der Waals surface area contributed by atoms with Gasteiger partial charge < -0.3 is 10.4 Å². The van der Waals surface area contributed by atoms with Gasteiger partial charge in [0.25, 0.3) is 5.91 Å². The molecule has 0 spiro atoms. The highest BCUT2D eigenvalue weighted by Crippen LogP contribution is 2.25. The van der Waals surface area contributed by atoms with Gasteiger partial charge >= 0.3 is 0 Å². The van der Waals surface area contributed by atoms with Gasteiger partial charge in [0.2, 0.25) is 0 Å². The number of para-hydroxylation sites is 1. The molecule has 3 N–H and O–H groups in total. The van der Waals surface area contributed by atoms with Crippen LogP contribution in [0.5, 0.6) is 5.75 Å². The van der Waals surface area contributed by atoms with Gasteiger partial charge in [0.05, 0.1) is 23.0 Å². The molecule has 1 aromatic carbocycles. The highest BCUT2D eigenvalue weighted by atomic mass is 16.3. The van der Waals surface area contributed by atoms with E-state index in [9.17, 15) is 9.90 Å². The van der Waals surface area contributed by atoms with Crippen molar-refractivity contribution in [2.75, 3.05) is 5.32 Å². The van der Waals surface area contributed by atoms with Crippen molar-refractivity contribution in [1.29, 1.82) is 0 Å². The molecule has 0 atom stereocenters. The van der Waals surface area contributed by atoms with Crippen molar-refractivity contribution in [2.24, 2.45) is 7.05 Å². The molecular weight excluding hydrogens is 322 g/mol. The lowest BCUT2D eigenvalue weighted by molar-refractivity contribution is 0.101. The van der Waals surface area contributed by atoms with Gasteiger partial charge in [-0.2, -0.15) is 15.3 Å². The molecule has 0 aliphatic rings. The Labute approximate surface area is 141 Å². The zero-order valence-electron chi connectivity index (χ0n) is 13.6. The highest BCUT2D eigenvalue weighted by Gasteiger charge is 2.21. The Morgan fingerprint density at radius 1 is 1.24 bits per heavy atom. The Kier molecular flexibility index (Phi) is 3.27. The Bertz CT molecular complexity index is 1070. The summed E-state index contributed by atoms with van der Waals surface area (Å²) in [6.45, 7) is 1.83. The summed E-state index contributed by atoms with van der Waals surface area (Å²) in [4.78, 5) is 12.5. The topological polar surface area (TPSA) is 114 Å². The third kappa shape index (κ3) is 2.42. The molecule has 9 nitrogen and oxygen atoms in total. The number of fused-ring (bicyclic) bond motifs is 1. The Hall–Kier alpha value is -3.62. The molecule has 0 aliphatic carbocycles. The van der Waals surface area contributed by atoms with E-state index in [-0.39, 0.29) is 11.4 Å². The predicted octanol–water partition coefficient (Wildman–Crippen LogP) is 1.75. The molecule has 0 aliphatic heterocycles. The van der Waals surface area contributed by atoms with E-state index in [1.165, 1.54) is 10.9 Å². The van der Waals surface area contributed by atoms with Crippen LogP contribution < -0.4 is 5.32 Å². The largest absolute Gasteiger partial charge is 0.504 e. The summed E-state index contributed by atoms with van der Waals surface area (Å²) >= 11 is 0. The van der Waals surface area contributed by atoms with Gasteiger partial charge in [0, 0.05) is 7.05 Å². The van der Waals surface area contributed by atoms with Crippen molar-refractivity contribution >= 4 is 22.8 Å². The minimum absolute atomic E-state index is 0.0758. The number of aromatic nitrogens is 6. The number of H-pyrrole nitrogens is 1. The summed E-state index contributed by atoms with van der Waals surface area (Å²) in [5, 5.41) is 28.8. The van der Waals surface area contributed by atoms with E-state index in [0.29, 0.717) is 11.5 Å². The van der Waals surface area contributed by atoms with E-state index in [0.717, 1.165) is 16.8 Å². The molecule has 9 heteroatoms. The zero-order valence-corrected chi connectivity index (χ0v) is 13.6. The van der Waals surface area contributed by atoms with Crippen molar-refractivity contribution < 1.29 is 9.90 Å². The van der Waals surface area contributed by atoms with Gasteiger partial charge in [-0.3, -0.25) is 9.89 Å². The van der Waals surface area contributed by atoms with Gasteiger partial charge in [-0.05, 0) is 19.1 Å². The lowest BCUT2D eigenvalue weighted by atomic mass is 10.3.